The van der Waals surface area contributed by atoms with Gasteiger partial charge in [0.25, 0.3) is 0 Å². The van der Waals surface area contributed by atoms with Crippen molar-refractivity contribution in [2.24, 2.45) is 40.6 Å². The minimum atomic E-state index is -0.723. The molecular formula is C49H71BN4O7. The highest BCUT2D eigenvalue weighted by Gasteiger charge is 2.68. The lowest BCUT2D eigenvalue weighted by Crippen LogP contribution is -2.65. The van der Waals surface area contributed by atoms with Crippen LogP contribution in [0, 0.1) is 29.1 Å². The largest absolute Gasteiger partial charge is 0.461 e. The molecule has 11 nitrogen and oxygen atoms in total. The first-order chi connectivity index (χ1) is 29.1. The van der Waals surface area contributed by atoms with Crippen molar-refractivity contribution in [3.8, 4) is 11.1 Å². The SMILES string of the molecule is CCCCc1ccc(-c2ccc(C(=O)C[C@@H](CCN)C(=O)N3CCC3C(=O)C[C@@H](C)C(=O)N[C@@H](CCCCN)C(=O)C[C@@H](C)B3OC4C[C@@H]5C[C@@H](C5(C)C)[C@]4(C)O3)cc2)cc1. The number of unbranched alkanes of at least 4 members (excludes halogenated alkanes) is 2. The summed E-state index contributed by atoms with van der Waals surface area (Å²) in [5.74, 6) is -1.61. The molecule has 5 N–H and O–H groups in total. The summed E-state index contributed by atoms with van der Waals surface area (Å²) in [5.41, 5.74) is 15.5. The highest BCUT2D eigenvalue weighted by molar-refractivity contribution is 6.47. The molecule has 332 valence electrons. The van der Waals surface area contributed by atoms with Crippen molar-refractivity contribution >= 4 is 36.3 Å². The molecular weight excluding hydrogens is 767 g/mol. The number of nitrogens with two attached hydrogens (primary N) is 2. The Morgan fingerprint density at radius 3 is 2.16 bits per heavy atom. The number of ketones is 3. The lowest BCUT2D eigenvalue weighted by molar-refractivity contribution is -0.199. The van der Waals surface area contributed by atoms with E-state index >= 15 is 0 Å². The molecule has 2 heterocycles. The fourth-order valence-corrected chi connectivity index (χ4v) is 10.5. The number of hydrogen-bond donors (Lipinski definition) is 3. The Labute approximate surface area is 364 Å². The Bertz CT molecular complexity index is 1870. The average Bonchev–Trinajstić information content (AvgIpc) is 3.59. The van der Waals surface area contributed by atoms with Crippen LogP contribution in [0.2, 0.25) is 5.82 Å². The third-order valence-corrected chi connectivity index (χ3v) is 14.8. The van der Waals surface area contributed by atoms with E-state index in [1.165, 1.54) is 5.56 Å². The summed E-state index contributed by atoms with van der Waals surface area (Å²) >= 11 is 0. The van der Waals surface area contributed by atoms with Gasteiger partial charge in [-0.15, -0.1) is 0 Å². The molecule has 2 bridgehead atoms. The van der Waals surface area contributed by atoms with Crippen molar-refractivity contribution in [1.29, 1.82) is 0 Å². The Morgan fingerprint density at radius 1 is 0.869 bits per heavy atom. The number of amides is 2. The number of carbonyl (C=O) groups is 5. The van der Waals surface area contributed by atoms with Crippen molar-refractivity contribution < 1.29 is 33.3 Å². The zero-order chi connectivity index (χ0) is 44.1. The lowest BCUT2D eigenvalue weighted by atomic mass is 9.43. The van der Waals surface area contributed by atoms with E-state index in [4.69, 9.17) is 20.8 Å². The number of nitrogens with one attached hydrogen (secondary N) is 1. The number of rotatable bonds is 23. The predicted molar refractivity (Wildman–Crippen MR) is 240 cm³/mol. The number of benzene rings is 2. The van der Waals surface area contributed by atoms with Crippen LogP contribution in [0.25, 0.3) is 11.1 Å². The number of nitrogens with zero attached hydrogens (tertiary/aromatic N) is 1. The Hall–Kier alpha value is -3.71. The molecule has 3 saturated carbocycles. The molecule has 3 aliphatic carbocycles. The van der Waals surface area contributed by atoms with Gasteiger partial charge in [0.2, 0.25) is 11.8 Å². The molecule has 12 heteroatoms. The number of carbonyl (C=O) groups excluding carboxylic acids is 5. The van der Waals surface area contributed by atoms with E-state index in [1.807, 2.05) is 19.1 Å². The normalized spacial score (nSPS) is 25.6. The first kappa shape index (κ1) is 46.8. The summed E-state index contributed by atoms with van der Waals surface area (Å²) in [6.07, 6.45) is 8.28. The third kappa shape index (κ3) is 10.4. The number of likely N-dealkylation sites (tertiary alicyclic amines) is 1. The van der Waals surface area contributed by atoms with Gasteiger partial charge >= 0.3 is 7.12 Å². The molecule has 0 aromatic heterocycles. The van der Waals surface area contributed by atoms with Gasteiger partial charge in [-0.1, -0.05) is 89.6 Å². The average molecular weight is 839 g/mol. The summed E-state index contributed by atoms with van der Waals surface area (Å²) in [4.78, 5) is 69.9. The molecule has 2 amide bonds. The van der Waals surface area contributed by atoms with Crippen LogP contribution in [0.3, 0.4) is 0 Å². The second-order valence-corrected chi connectivity index (χ2v) is 19.5. The van der Waals surface area contributed by atoms with E-state index in [0.29, 0.717) is 56.2 Å². The molecule has 2 aromatic rings. The van der Waals surface area contributed by atoms with E-state index in [9.17, 15) is 24.0 Å². The van der Waals surface area contributed by atoms with Crippen molar-refractivity contribution in [2.45, 2.75) is 155 Å². The second-order valence-electron chi connectivity index (χ2n) is 19.5. The summed E-state index contributed by atoms with van der Waals surface area (Å²) in [5, 5.41) is 2.97. The third-order valence-electron chi connectivity index (χ3n) is 14.8. The van der Waals surface area contributed by atoms with Crippen LogP contribution < -0.4 is 16.8 Å². The van der Waals surface area contributed by atoms with Gasteiger partial charge in [-0.3, -0.25) is 24.0 Å². The summed E-state index contributed by atoms with van der Waals surface area (Å²) in [6.45, 7) is 13.8. The monoisotopic (exact) mass is 839 g/mol. The van der Waals surface area contributed by atoms with Crippen molar-refractivity contribution in [1.82, 2.24) is 10.2 Å². The fourth-order valence-electron chi connectivity index (χ4n) is 10.5. The molecule has 2 aromatic carbocycles. The molecule has 61 heavy (non-hydrogen) atoms. The quantitative estimate of drug-likeness (QED) is 0.0599. The molecule has 5 aliphatic rings. The topological polar surface area (TPSA) is 171 Å². The van der Waals surface area contributed by atoms with Gasteiger partial charge in [0.05, 0.1) is 23.8 Å². The van der Waals surface area contributed by atoms with E-state index in [0.717, 1.165) is 49.7 Å². The van der Waals surface area contributed by atoms with Crippen molar-refractivity contribution in [2.75, 3.05) is 19.6 Å². The van der Waals surface area contributed by atoms with Crippen molar-refractivity contribution in [3.05, 3.63) is 59.7 Å². The molecule has 0 spiro atoms. The van der Waals surface area contributed by atoms with Crippen LogP contribution in [-0.4, -0.2) is 84.6 Å². The van der Waals surface area contributed by atoms with E-state index in [2.05, 4.69) is 57.3 Å². The summed E-state index contributed by atoms with van der Waals surface area (Å²) in [6, 6.07) is 14.6. The predicted octanol–water partition coefficient (Wildman–Crippen LogP) is 7.12. The van der Waals surface area contributed by atoms with Gasteiger partial charge in [0.15, 0.2) is 17.3 Å². The van der Waals surface area contributed by atoms with Gasteiger partial charge in [-0.2, -0.15) is 0 Å². The fraction of sp³-hybridized carbons (Fsp3) is 0.653. The molecule has 2 aliphatic heterocycles. The van der Waals surface area contributed by atoms with E-state index < -0.39 is 31.0 Å². The van der Waals surface area contributed by atoms with E-state index in [1.54, 1.807) is 24.0 Å². The van der Waals surface area contributed by atoms with Gasteiger partial charge in [0.1, 0.15) is 0 Å². The van der Waals surface area contributed by atoms with Gasteiger partial charge in [0, 0.05) is 43.2 Å². The van der Waals surface area contributed by atoms with Crippen LogP contribution in [0.15, 0.2) is 48.5 Å². The minimum absolute atomic E-state index is 0.00598. The zero-order valence-electron chi connectivity index (χ0n) is 37.6. The maximum absolute atomic E-state index is 13.8. The highest BCUT2D eigenvalue weighted by atomic mass is 16.7. The molecule has 0 radical (unpaired) electrons. The van der Waals surface area contributed by atoms with Gasteiger partial charge < -0.3 is 31.0 Å². The van der Waals surface area contributed by atoms with Crippen LogP contribution in [0.4, 0.5) is 0 Å². The van der Waals surface area contributed by atoms with Crippen molar-refractivity contribution in [3.63, 3.8) is 0 Å². The number of hydrogen-bond acceptors (Lipinski definition) is 9. The van der Waals surface area contributed by atoms with Gasteiger partial charge in [-0.25, -0.2) is 0 Å². The van der Waals surface area contributed by atoms with Crippen LogP contribution in [0.5, 0.6) is 0 Å². The Morgan fingerprint density at radius 2 is 1.56 bits per heavy atom. The zero-order valence-corrected chi connectivity index (χ0v) is 37.6. The number of Topliss-reactive ketones (excluding diaryl/α,β-unsaturated/α-hetero) is 3. The smallest absolute Gasteiger partial charge is 0.405 e. The molecule has 2 saturated heterocycles. The standard InChI is InChI=1S/C49H71BN4O7/c1-7-8-11-33-13-15-34(16-14-33)35-17-19-36(20-18-35)41(55)28-37(21-24-52)47(59)54-25-22-40(54)43(57)26-31(2)46(58)53-39(12-9-10-23-51)42(56)27-32(3)50-60-45-30-38-29-44(48(38,4)5)49(45,6)61-50/h13-20,31-32,37-40,44-45H,7-12,21-30,51-52H2,1-6H3,(H,53,58)/t31-,32-,37-,38+,39+,40?,44+,45?,49+/m1/s1. The molecule has 7 rings (SSSR count). The first-order valence-electron chi connectivity index (χ1n) is 23.2. The first-order valence-corrected chi connectivity index (χ1v) is 23.2. The second kappa shape index (κ2) is 20.2. The van der Waals surface area contributed by atoms with Gasteiger partial charge in [-0.05, 0) is 118 Å². The Balaban J connectivity index is 1.000. The lowest BCUT2D eigenvalue weighted by Gasteiger charge is -2.64. The number of aryl methyl sites for hydroxylation is 1. The van der Waals surface area contributed by atoms with E-state index in [-0.39, 0.29) is 77.9 Å². The maximum Gasteiger partial charge on any atom is 0.461 e. The Kier molecular flexibility index (Phi) is 15.5. The highest BCUT2D eigenvalue weighted by Crippen LogP contribution is 2.66. The summed E-state index contributed by atoms with van der Waals surface area (Å²) < 4.78 is 13.1. The maximum atomic E-state index is 13.8. The van der Waals surface area contributed by atoms with Crippen LogP contribution >= 0.6 is 0 Å². The van der Waals surface area contributed by atoms with Crippen LogP contribution in [0.1, 0.15) is 135 Å². The molecule has 9 atom stereocenters. The summed E-state index contributed by atoms with van der Waals surface area (Å²) in [7, 11) is -0.489. The van der Waals surface area contributed by atoms with Crippen LogP contribution in [-0.2, 0) is 34.9 Å². The minimum Gasteiger partial charge on any atom is -0.405 e. The molecule has 5 fully saturated rings. The molecule has 2 unspecified atom stereocenters.